The molecule has 0 bridgehead atoms. The van der Waals surface area contributed by atoms with Gasteiger partial charge in [0.2, 0.25) is 5.69 Å². The van der Waals surface area contributed by atoms with Crippen molar-refractivity contribution in [3.8, 4) is 11.5 Å². The van der Waals surface area contributed by atoms with E-state index >= 15 is 0 Å². The number of hydrogen-bond donors (Lipinski definition) is 0. The molecule has 0 radical (unpaired) electrons. The summed E-state index contributed by atoms with van der Waals surface area (Å²) < 4.78 is 17.7. The lowest BCUT2D eigenvalue weighted by molar-refractivity contribution is -0.401. The Morgan fingerprint density at radius 3 is 2.32 bits per heavy atom. The molecule has 28 heavy (non-hydrogen) atoms. The number of carbonyl (C=O) groups excluding carboxylic acids is 1. The van der Waals surface area contributed by atoms with Crippen LogP contribution in [0.25, 0.3) is 6.08 Å². The van der Waals surface area contributed by atoms with Gasteiger partial charge in [-0.25, -0.2) is 4.79 Å². The van der Waals surface area contributed by atoms with Crippen molar-refractivity contribution in [2.75, 3.05) is 28.4 Å². The van der Waals surface area contributed by atoms with Gasteiger partial charge in [0.15, 0.2) is 17.2 Å². The Kier molecular flexibility index (Phi) is 5.27. The van der Waals surface area contributed by atoms with Crippen LogP contribution >= 0.6 is 0 Å². The number of ether oxygens (including phenoxy) is 3. The van der Waals surface area contributed by atoms with Gasteiger partial charge in [-0.1, -0.05) is 6.07 Å². The minimum absolute atomic E-state index is 0.249. The summed E-state index contributed by atoms with van der Waals surface area (Å²) >= 11 is 0. The fourth-order valence-corrected chi connectivity index (χ4v) is 3.71. The first kappa shape index (κ1) is 19.7. The van der Waals surface area contributed by atoms with Crippen molar-refractivity contribution in [2.45, 2.75) is 19.3 Å². The predicted octanol–water partition coefficient (Wildman–Crippen LogP) is 4.21. The summed E-state index contributed by atoms with van der Waals surface area (Å²) in [6.07, 6.45) is 4.17. The maximum absolute atomic E-state index is 11.9. The van der Waals surface area contributed by atoms with Crippen molar-refractivity contribution in [1.82, 2.24) is 0 Å². The maximum atomic E-state index is 11.9. The van der Waals surface area contributed by atoms with Gasteiger partial charge in [-0.2, -0.15) is 4.58 Å². The Hall–Kier alpha value is -3.08. The van der Waals surface area contributed by atoms with Crippen molar-refractivity contribution in [3.63, 3.8) is 0 Å². The molecule has 5 heteroatoms. The minimum atomic E-state index is -0.324. The second-order valence-corrected chi connectivity index (χ2v) is 7.24. The summed E-state index contributed by atoms with van der Waals surface area (Å²) in [6, 6.07) is 11.5. The third-order valence-electron chi connectivity index (χ3n) is 5.30. The van der Waals surface area contributed by atoms with Gasteiger partial charge in [-0.15, -0.1) is 0 Å². The van der Waals surface area contributed by atoms with E-state index in [0.717, 1.165) is 22.5 Å². The lowest BCUT2D eigenvalue weighted by atomic mass is 9.80. The highest BCUT2D eigenvalue weighted by Gasteiger charge is 2.43. The van der Waals surface area contributed by atoms with Crippen molar-refractivity contribution in [2.24, 2.45) is 0 Å². The summed E-state index contributed by atoms with van der Waals surface area (Å²) in [5.74, 6) is 1.07. The van der Waals surface area contributed by atoms with Crippen LogP contribution in [-0.4, -0.2) is 44.6 Å². The van der Waals surface area contributed by atoms with Crippen LogP contribution in [0.15, 0.2) is 42.5 Å². The minimum Gasteiger partial charge on any atom is -0.493 e. The quantitative estimate of drug-likeness (QED) is 0.576. The summed E-state index contributed by atoms with van der Waals surface area (Å²) in [5.41, 5.74) is 4.66. The highest BCUT2D eigenvalue weighted by molar-refractivity contribution is 6.06. The molecule has 0 fully saturated rings. The molecule has 3 rings (SSSR count). The van der Waals surface area contributed by atoms with Gasteiger partial charge in [0, 0.05) is 17.7 Å². The van der Waals surface area contributed by atoms with Gasteiger partial charge < -0.3 is 14.2 Å². The van der Waals surface area contributed by atoms with Crippen LogP contribution < -0.4 is 9.47 Å². The zero-order valence-corrected chi connectivity index (χ0v) is 17.2. The molecular formula is C23H26NO4+. The zero-order chi connectivity index (χ0) is 20.5. The fraction of sp³-hybridized carbons (Fsp3) is 0.304. The Morgan fingerprint density at radius 2 is 1.68 bits per heavy atom. The molecule has 1 heterocycles. The molecule has 0 unspecified atom stereocenters. The van der Waals surface area contributed by atoms with E-state index in [1.54, 1.807) is 20.3 Å². The van der Waals surface area contributed by atoms with Crippen LogP contribution in [0.5, 0.6) is 11.5 Å². The van der Waals surface area contributed by atoms with E-state index in [1.165, 1.54) is 7.11 Å². The van der Waals surface area contributed by atoms with E-state index in [2.05, 4.69) is 30.6 Å². The number of nitrogens with zero attached hydrogens (tertiary/aromatic N) is 1. The average Bonchev–Trinajstić information content (AvgIpc) is 2.90. The third-order valence-corrected chi connectivity index (χ3v) is 5.30. The second-order valence-electron chi connectivity index (χ2n) is 7.24. The van der Waals surface area contributed by atoms with Gasteiger partial charge >= 0.3 is 5.97 Å². The zero-order valence-electron chi connectivity index (χ0n) is 17.2. The Balaban J connectivity index is 1.97. The van der Waals surface area contributed by atoms with E-state index in [9.17, 15) is 4.79 Å². The first-order chi connectivity index (χ1) is 13.3. The number of hydrogen-bond acceptors (Lipinski definition) is 4. The van der Waals surface area contributed by atoms with E-state index in [0.29, 0.717) is 17.1 Å². The monoisotopic (exact) mass is 380 g/mol. The Labute approximate surface area is 165 Å². The van der Waals surface area contributed by atoms with Crippen molar-refractivity contribution in [1.29, 1.82) is 0 Å². The molecule has 0 N–H and O–H groups in total. The van der Waals surface area contributed by atoms with Gasteiger partial charge in [-0.05, 0) is 49.8 Å². The number of fused-ring (bicyclic) bond motifs is 1. The molecule has 0 aliphatic carbocycles. The maximum Gasteiger partial charge on any atom is 0.337 e. The standard InChI is InChI=1S/C23H26NO4/c1-23(2)17-14-16(22(25)28-6)9-10-18(17)24(3)21(23)12-8-15-7-11-19(26-4)20(13-15)27-5/h7-14H,1-6H3/q+1. The molecular weight excluding hydrogens is 354 g/mol. The first-order valence-corrected chi connectivity index (χ1v) is 9.07. The topological polar surface area (TPSA) is 47.8 Å². The number of allylic oxidation sites excluding steroid dienone is 1. The van der Waals surface area contributed by atoms with Crippen molar-refractivity contribution in [3.05, 3.63) is 59.2 Å². The number of rotatable bonds is 5. The summed E-state index contributed by atoms with van der Waals surface area (Å²) in [6.45, 7) is 4.31. The first-order valence-electron chi connectivity index (χ1n) is 9.07. The van der Waals surface area contributed by atoms with Crippen LogP contribution in [0, 0.1) is 0 Å². The molecule has 1 aliphatic heterocycles. The summed E-state index contributed by atoms with van der Waals surface area (Å²) in [4.78, 5) is 11.9. The van der Waals surface area contributed by atoms with E-state index < -0.39 is 0 Å². The molecule has 2 aromatic rings. The lowest BCUT2D eigenvalue weighted by Crippen LogP contribution is -2.26. The predicted molar refractivity (Wildman–Crippen MR) is 110 cm³/mol. The molecule has 0 atom stereocenters. The van der Waals surface area contributed by atoms with E-state index in [-0.39, 0.29) is 11.4 Å². The van der Waals surface area contributed by atoms with Crippen molar-refractivity contribution < 1.29 is 23.6 Å². The van der Waals surface area contributed by atoms with Crippen molar-refractivity contribution >= 4 is 23.4 Å². The highest BCUT2D eigenvalue weighted by atomic mass is 16.5. The van der Waals surface area contributed by atoms with Crippen LogP contribution in [-0.2, 0) is 10.2 Å². The van der Waals surface area contributed by atoms with Gasteiger partial charge in [0.25, 0.3) is 0 Å². The number of carbonyl (C=O) groups is 1. The van der Waals surface area contributed by atoms with E-state index in [1.807, 2.05) is 37.4 Å². The van der Waals surface area contributed by atoms with Crippen LogP contribution in [0.3, 0.4) is 0 Å². The number of methoxy groups -OCH3 is 3. The average molecular weight is 380 g/mol. The molecule has 2 aromatic carbocycles. The summed E-state index contributed by atoms with van der Waals surface area (Å²) in [7, 11) is 6.69. The second kappa shape index (κ2) is 7.50. The molecule has 0 aromatic heterocycles. The third kappa shape index (κ3) is 3.28. The van der Waals surface area contributed by atoms with Crippen LogP contribution in [0.4, 0.5) is 5.69 Å². The summed E-state index contributed by atoms with van der Waals surface area (Å²) in [5, 5.41) is 0. The molecule has 0 saturated heterocycles. The van der Waals surface area contributed by atoms with E-state index in [4.69, 9.17) is 14.2 Å². The highest BCUT2D eigenvalue weighted by Crippen LogP contribution is 2.40. The SMILES string of the molecule is COC(=O)c1ccc2c(c1)C(C)(C)C(C=Cc1ccc(OC)c(OC)c1)=[N+]2C. The molecule has 5 nitrogen and oxygen atoms in total. The fourth-order valence-electron chi connectivity index (χ4n) is 3.71. The van der Waals surface area contributed by atoms with Gasteiger partial charge in [0.1, 0.15) is 7.05 Å². The van der Waals surface area contributed by atoms with Gasteiger partial charge in [0.05, 0.1) is 32.3 Å². The normalized spacial score (nSPS) is 14.9. The molecule has 0 amide bonds. The number of benzene rings is 2. The number of esters is 1. The molecule has 0 spiro atoms. The smallest absolute Gasteiger partial charge is 0.337 e. The Morgan fingerprint density at radius 1 is 0.964 bits per heavy atom. The molecule has 0 saturated carbocycles. The molecule has 1 aliphatic rings. The van der Waals surface area contributed by atoms with Gasteiger partial charge in [-0.3, -0.25) is 0 Å². The van der Waals surface area contributed by atoms with Crippen LogP contribution in [0.1, 0.15) is 35.3 Å². The molecule has 146 valence electrons. The largest absolute Gasteiger partial charge is 0.493 e. The van der Waals surface area contributed by atoms with Crippen LogP contribution in [0.2, 0.25) is 0 Å². The lowest BCUT2D eigenvalue weighted by Gasteiger charge is -2.16. The Bertz CT molecular complexity index is 986.